The fraction of sp³-hybridized carbons (Fsp3) is 0.100. The summed E-state index contributed by atoms with van der Waals surface area (Å²) in [6.07, 6.45) is 3.20. The van der Waals surface area contributed by atoms with Crippen molar-refractivity contribution in [2.45, 2.75) is 10.8 Å². The minimum Gasteiger partial charge on any atom is -0.478 e. The zero-order valence-corrected chi connectivity index (χ0v) is 10.8. The second-order valence-electron chi connectivity index (χ2n) is 3.06. The van der Waals surface area contributed by atoms with Crippen molar-refractivity contribution in [2.24, 2.45) is 0 Å². The van der Waals surface area contributed by atoms with E-state index in [0.717, 1.165) is 4.88 Å². The van der Waals surface area contributed by atoms with Gasteiger partial charge in [-0.05, 0) is 12.1 Å². The zero-order chi connectivity index (χ0) is 12.3. The van der Waals surface area contributed by atoms with Crippen LogP contribution in [-0.4, -0.2) is 21.0 Å². The predicted octanol–water partition coefficient (Wildman–Crippen LogP) is 3.18. The number of carboxylic acid groups (broad SMARTS) is 1. The number of thioether (sulfide) groups is 1. The highest BCUT2D eigenvalue weighted by Gasteiger charge is 2.06. The molecule has 0 aliphatic heterocycles. The van der Waals surface area contributed by atoms with Crippen LogP contribution in [0.25, 0.3) is 0 Å². The molecule has 0 bridgehead atoms. The molecule has 0 aliphatic rings. The molecule has 2 heterocycles. The Labute approximate surface area is 111 Å². The van der Waals surface area contributed by atoms with Crippen molar-refractivity contribution in [3.8, 4) is 0 Å². The molecule has 2 aromatic rings. The van der Waals surface area contributed by atoms with Gasteiger partial charge in [-0.25, -0.2) is 14.8 Å². The SMILES string of the molecule is O=C(O)c1ccnc(SCc2cnc(Cl)s2)c1. The third kappa shape index (κ3) is 3.42. The molecule has 88 valence electrons. The molecule has 0 saturated carbocycles. The van der Waals surface area contributed by atoms with Crippen molar-refractivity contribution >= 4 is 40.7 Å². The van der Waals surface area contributed by atoms with Gasteiger partial charge in [0, 0.05) is 23.0 Å². The highest BCUT2D eigenvalue weighted by Crippen LogP contribution is 2.26. The number of aromatic nitrogens is 2. The van der Waals surface area contributed by atoms with Gasteiger partial charge in [-0.15, -0.1) is 23.1 Å². The van der Waals surface area contributed by atoms with Gasteiger partial charge in [0.1, 0.15) is 0 Å². The Morgan fingerprint density at radius 2 is 2.35 bits per heavy atom. The lowest BCUT2D eigenvalue weighted by molar-refractivity contribution is 0.0696. The summed E-state index contributed by atoms with van der Waals surface area (Å²) in [5.41, 5.74) is 0.241. The average molecular weight is 287 g/mol. The van der Waals surface area contributed by atoms with E-state index in [-0.39, 0.29) is 5.56 Å². The fourth-order valence-corrected chi connectivity index (χ4v) is 3.01. The normalized spacial score (nSPS) is 10.4. The molecule has 0 unspecified atom stereocenters. The summed E-state index contributed by atoms with van der Waals surface area (Å²) in [6.45, 7) is 0. The number of halogens is 1. The van der Waals surface area contributed by atoms with Gasteiger partial charge >= 0.3 is 5.97 Å². The molecule has 1 N–H and O–H groups in total. The summed E-state index contributed by atoms with van der Waals surface area (Å²) < 4.78 is 0.507. The van der Waals surface area contributed by atoms with Crippen LogP contribution in [0, 0.1) is 0 Å². The van der Waals surface area contributed by atoms with E-state index < -0.39 is 5.97 Å². The van der Waals surface area contributed by atoms with Crippen LogP contribution in [0.2, 0.25) is 4.47 Å². The molecular formula is C10H7ClN2O2S2. The number of carbonyl (C=O) groups is 1. The van der Waals surface area contributed by atoms with Gasteiger partial charge < -0.3 is 5.11 Å². The first-order valence-corrected chi connectivity index (χ1v) is 6.75. The second-order valence-corrected chi connectivity index (χ2v) is 5.75. The molecule has 0 amide bonds. The van der Waals surface area contributed by atoms with Crippen molar-refractivity contribution in [1.29, 1.82) is 0 Å². The number of aromatic carboxylic acids is 1. The van der Waals surface area contributed by atoms with E-state index in [9.17, 15) is 4.79 Å². The second kappa shape index (κ2) is 5.48. The predicted molar refractivity (Wildman–Crippen MR) is 67.9 cm³/mol. The maximum atomic E-state index is 10.8. The van der Waals surface area contributed by atoms with Crippen LogP contribution in [0.1, 0.15) is 15.2 Å². The van der Waals surface area contributed by atoms with E-state index >= 15 is 0 Å². The van der Waals surface area contributed by atoms with Crippen molar-refractivity contribution in [3.63, 3.8) is 0 Å². The van der Waals surface area contributed by atoms with Crippen LogP contribution in [0.15, 0.2) is 29.6 Å². The molecule has 4 nitrogen and oxygen atoms in total. The summed E-state index contributed by atoms with van der Waals surface area (Å²) in [5.74, 6) is -0.268. The Morgan fingerprint density at radius 1 is 1.53 bits per heavy atom. The smallest absolute Gasteiger partial charge is 0.335 e. The van der Waals surface area contributed by atoms with Gasteiger partial charge in [-0.3, -0.25) is 0 Å². The molecule has 0 fully saturated rings. The molecule has 0 aliphatic carbocycles. The van der Waals surface area contributed by atoms with Crippen LogP contribution in [-0.2, 0) is 5.75 Å². The van der Waals surface area contributed by atoms with Crippen molar-refractivity contribution in [2.75, 3.05) is 0 Å². The Hall–Kier alpha value is -1.11. The number of pyridine rings is 1. The highest BCUT2D eigenvalue weighted by molar-refractivity contribution is 7.98. The first-order valence-electron chi connectivity index (χ1n) is 4.57. The largest absolute Gasteiger partial charge is 0.478 e. The maximum Gasteiger partial charge on any atom is 0.335 e. The number of rotatable bonds is 4. The van der Waals surface area contributed by atoms with E-state index in [1.165, 1.54) is 35.4 Å². The third-order valence-corrected chi connectivity index (χ3v) is 4.14. The summed E-state index contributed by atoms with van der Waals surface area (Å²) in [5, 5.41) is 9.51. The summed E-state index contributed by atoms with van der Waals surface area (Å²) in [4.78, 5) is 19.8. The number of thiazole rings is 1. The topological polar surface area (TPSA) is 63.1 Å². The lowest BCUT2D eigenvalue weighted by atomic mass is 10.3. The van der Waals surface area contributed by atoms with Gasteiger partial charge in [-0.1, -0.05) is 11.6 Å². The van der Waals surface area contributed by atoms with Crippen molar-refractivity contribution in [1.82, 2.24) is 9.97 Å². The van der Waals surface area contributed by atoms with Gasteiger partial charge in [0.2, 0.25) is 0 Å². The Balaban J connectivity index is 2.04. The van der Waals surface area contributed by atoms with Gasteiger partial charge in [0.05, 0.1) is 10.6 Å². The third-order valence-electron chi connectivity index (χ3n) is 1.87. The van der Waals surface area contributed by atoms with Gasteiger partial charge in [0.15, 0.2) is 4.47 Å². The summed E-state index contributed by atoms with van der Waals surface area (Å²) >= 11 is 8.58. The van der Waals surface area contributed by atoms with Crippen molar-refractivity contribution < 1.29 is 9.90 Å². The van der Waals surface area contributed by atoms with Crippen molar-refractivity contribution in [3.05, 3.63) is 39.4 Å². The number of carboxylic acids is 1. The lowest BCUT2D eigenvalue weighted by Crippen LogP contribution is -1.96. The minimum absolute atomic E-state index is 0.241. The van der Waals surface area contributed by atoms with Crippen LogP contribution in [0.3, 0.4) is 0 Å². The van der Waals surface area contributed by atoms with E-state index in [4.69, 9.17) is 16.7 Å². The van der Waals surface area contributed by atoms with Crippen LogP contribution in [0.5, 0.6) is 0 Å². The molecular weight excluding hydrogens is 280 g/mol. The van der Waals surface area contributed by atoms with Crippen LogP contribution in [0.4, 0.5) is 0 Å². The molecule has 7 heteroatoms. The van der Waals surface area contributed by atoms with E-state index in [2.05, 4.69) is 9.97 Å². The van der Waals surface area contributed by atoms with E-state index in [0.29, 0.717) is 15.2 Å². The monoisotopic (exact) mass is 286 g/mol. The quantitative estimate of drug-likeness (QED) is 0.875. The number of hydrogen-bond donors (Lipinski definition) is 1. The van der Waals surface area contributed by atoms with Crippen LogP contribution < -0.4 is 0 Å². The van der Waals surface area contributed by atoms with E-state index in [1.807, 2.05) is 0 Å². The number of hydrogen-bond acceptors (Lipinski definition) is 5. The summed E-state index contributed by atoms with van der Waals surface area (Å²) in [6, 6.07) is 3.02. The molecule has 0 aromatic carbocycles. The summed E-state index contributed by atoms with van der Waals surface area (Å²) in [7, 11) is 0. The molecule has 0 saturated heterocycles. The zero-order valence-electron chi connectivity index (χ0n) is 8.46. The standard InChI is InChI=1S/C10H7ClN2O2S2/c11-10-13-4-7(17-10)5-16-8-3-6(9(14)15)1-2-12-8/h1-4H,5H2,(H,14,15). The van der Waals surface area contributed by atoms with Crippen LogP contribution >= 0.6 is 34.7 Å². The molecule has 0 radical (unpaired) electrons. The van der Waals surface area contributed by atoms with Gasteiger partial charge in [-0.2, -0.15) is 0 Å². The Kier molecular flexibility index (Phi) is 3.98. The lowest BCUT2D eigenvalue weighted by Gasteiger charge is -1.99. The molecule has 2 aromatic heterocycles. The molecule has 0 atom stereocenters. The number of nitrogens with zero attached hydrogens (tertiary/aromatic N) is 2. The highest BCUT2D eigenvalue weighted by atomic mass is 35.5. The maximum absolute atomic E-state index is 10.8. The van der Waals surface area contributed by atoms with Gasteiger partial charge in [0.25, 0.3) is 0 Å². The molecule has 0 spiro atoms. The molecule has 17 heavy (non-hydrogen) atoms. The average Bonchev–Trinajstić information content (AvgIpc) is 2.73. The Morgan fingerprint density at radius 3 is 3.00 bits per heavy atom. The molecule has 2 rings (SSSR count). The van der Waals surface area contributed by atoms with E-state index in [1.54, 1.807) is 12.3 Å². The first kappa shape index (κ1) is 12.3. The Bertz CT molecular complexity index is 545. The minimum atomic E-state index is -0.949. The first-order chi connectivity index (χ1) is 8.15. The fourth-order valence-electron chi connectivity index (χ4n) is 1.12.